The van der Waals surface area contributed by atoms with Crippen LogP contribution in [0.1, 0.15) is 37.0 Å². The largest absolute Gasteiger partial charge is 0.508 e. The highest BCUT2D eigenvalue weighted by Gasteiger charge is 2.37. The first-order valence-electron chi connectivity index (χ1n) is 5.90. The number of hydrogen-bond donors (Lipinski definition) is 3. The summed E-state index contributed by atoms with van der Waals surface area (Å²) in [6.07, 6.45) is 0.370. The molecule has 1 rings (SSSR count). The van der Waals surface area contributed by atoms with Crippen LogP contribution in [0.25, 0.3) is 0 Å². The van der Waals surface area contributed by atoms with E-state index in [-0.39, 0.29) is 24.2 Å². The number of halogens is 1. The number of aromatic hydroxyl groups is 1. The molecule has 3 N–H and O–H groups in total. The van der Waals surface area contributed by atoms with Gasteiger partial charge in [-0.3, -0.25) is 4.79 Å². The Morgan fingerprint density at radius 3 is 2.32 bits per heavy atom. The minimum atomic E-state index is -1.42. The summed E-state index contributed by atoms with van der Waals surface area (Å²) >= 11 is 0. The van der Waals surface area contributed by atoms with Crippen molar-refractivity contribution >= 4 is 11.9 Å². The third-order valence-corrected chi connectivity index (χ3v) is 3.17. The van der Waals surface area contributed by atoms with Crippen LogP contribution in [0, 0.1) is 5.82 Å². The Labute approximate surface area is 110 Å². The zero-order chi connectivity index (χ0) is 14.6. The van der Waals surface area contributed by atoms with Crippen molar-refractivity contribution in [1.29, 1.82) is 0 Å². The lowest BCUT2D eigenvalue weighted by molar-refractivity contribution is -0.144. The molecule has 0 bridgehead atoms. The number of phenolic OH excluding ortho intramolecular Hbond substituents is 1. The number of carbonyl (C=O) groups is 2. The average Bonchev–Trinajstić information content (AvgIpc) is 2.35. The number of benzene rings is 1. The second-order valence-corrected chi connectivity index (χ2v) is 4.21. The number of amides is 1. The Hall–Kier alpha value is -2.11. The van der Waals surface area contributed by atoms with Crippen LogP contribution in [0.3, 0.4) is 0 Å². The standard InChI is InChI=1S/C13H16FNO4/c1-3-13(4-2,12(18)19)15-11(17)9-6-5-8(16)7-10(9)14/h5-7,16H,3-4H2,1-2H3,(H,15,17)(H,18,19). The number of aliphatic carboxylic acids is 1. The third kappa shape index (κ3) is 3.01. The molecule has 1 aromatic carbocycles. The first-order valence-corrected chi connectivity index (χ1v) is 5.90. The van der Waals surface area contributed by atoms with E-state index in [0.29, 0.717) is 0 Å². The summed E-state index contributed by atoms with van der Waals surface area (Å²) in [6, 6.07) is 3.07. The van der Waals surface area contributed by atoms with Crippen molar-refractivity contribution in [3.63, 3.8) is 0 Å². The lowest BCUT2D eigenvalue weighted by atomic mass is 9.92. The maximum atomic E-state index is 13.5. The highest BCUT2D eigenvalue weighted by atomic mass is 19.1. The molecule has 19 heavy (non-hydrogen) atoms. The van der Waals surface area contributed by atoms with Crippen molar-refractivity contribution in [2.24, 2.45) is 0 Å². The zero-order valence-electron chi connectivity index (χ0n) is 10.7. The summed E-state index contributed by atoms with van der Waals surface area (Å²) in [5.74, 6) is -3.18. The summed E-state index contributed by atoms with van der Waals surface area (Å²) in [4.78, 5) is 23.2. The number of carboxylic acid groups (broad SMARTS) is 1. The van der Waals surface area contributed by atoms with E-state index < -0.39 is 23.2 Å². The normalized spacial score (nSPS) is 11.1. The molecule has 1 aromatic rings. The van der Waals surface area contributed by atoms with Crippen LogP contribution in [-0.4, -0.2) is 27.6 Å². The molecule has 0 saturated carbocycles. The summed E-state index contributed by atoms with van der Waals surface area (Å²) in [7, 11) is 0. The molecule has 0 atom stereocenters. The topological polar surface area (TPSA) is 86.6 Å². The Balaban J connectivity index is 3.04. The predicted molar refractivity (Wildman–Crippen MR) is 66.5 cm³/mol. The molecule has 0 radical (unpaired) electrons. The van der Waals surface area contributed by atoms with Crippen LogP contribution in [-0.2, 0) is 4.79 Å². The van der Waals surface area contributed by atoms with Crippen molar-refractivity contribution in [2.45, 2.75) is 32.2 Å². The lowest BCUT2D eigenvalue weighted by Crippen LogP contribution is -2.53. The second kappa shape index (κ2) is 5.69. The number of hydrogen-bond acceptors (Lipinski definition) is 3. The van der Waals surface area contributed by atoms with Gasteiger partial charge in [0, 0.05) is 6.07 Å². The fourth-order valence-electron chi connectivity index (χ4n) is 1.76. The number of carboxylic acids is 1. The van der Waals surface area contributed by atoms with E-state index in [1.54, 1.807) is 13.8 Å². The molecule has 0 fully saturated rings. The number of rotatable bonds is 5. The van der Waals surface area contributed by atoms with Gasteiger partial charge in [0.1, 0.15) is 17.1 Å². The fraction of sp³-hybridized carbons (Fsp3) is 0.385. The van der Waals surface area contributed by atoms with Gasteiger partial charge in [0.25, 0.3) is 5.91 Å². The van der Waals surface area contributed by atoms with Crippen LogP contribution < -0.4 is 5.32 Å². The Morgan fingerprint density at radius 2 is 1.89 bits per heavy atom. The molecule has 104 valence electrons. The predicted octanol–water partition coefficient (Wildman–Crippen LogP) is 1.90. The first kappa shape index (κ1) is 14.9. The monoisotopic (exact) mass is 269 g/mol. The third-order valence-electron chi connectivity index (χ3n) is 3.17. The van der Waals surface area contributed by atoms with E-state index in [2.05, 4.69) is 5.32 Å². The molecule has 1 amide bonds. The smallest absolute Gasteiger partial charge is 0.329 e. The van der Waals surface area contributed by atoms with E-state index in [1.807, 2.05) is 0 Å². The van der Waals surface area contributed by atoms with Crippen molar-refractivity contribution in [3.05, 3.63) is 29.6 Å². The Kier molecular flexibility index (Phi) is 4.47. The van der Waals surface area contributed by atoms with Crippen molar-refractivity contribution in [3.8, 4) is 5.75 Å². The van der Waals surface area contributed by atoms with Crippen LogP contribution in [0.2, 0.25) is 0 Å². The van der Waals surface area contributed by atoms with Gasteiger partial charge in [-0.25, -0.2) is 9.18 Å². The maximum absolute atomic E-state index is 13.5. The van der Waals surface area contributed by atoms with Gasteiger partial charge in [0.05, 0.1) is 5.56 Å². The molecule has 0 aliphatic rings. The summed E-state index contributed by atoms with van der Waals surface area (Å²) in [5.41, 5.74) is -1.72. The molecule has 0 unspecified atom stereocenters. The fourth-order valence-corrected chi connectivity index (χ4v) is 1.76. The molecular weight excluding hydrogens is 253 g/mol. The highest BCUT2D eigenvalue weighted by Crippen LogP contribution is 2.19. The molecule has 0 saturated heterocycles. The van der Waals surface area contributed by atoms with E-state index in [1.165, 1.54) is 6.07 Å². The maximum Gasteiger partial charge on any atom is 0.329 e. The highest BCUT2D eigenvalue weighted by molar-refractivity contribution is 5.98. The van der Waals surface area contributed by atoms with Gasteiger partial charge in [-0.05, 0) is 25.0 Å². The van der Waals surface area contributed by atoms with Crippen molar-refractivity contribution in [2.75, 3.05) is 0 Å². The average molecular weight is 269 g/mol. The number of carbonyl (C=O) groups excluding carboxylic acids is 1. The Morgan fingerprint density at radius 1 is 1.32 bits per heavy atom. The molecule has 0 spiro atoms. The van der Waals surface area contributed by atoms with E-state index >= 15 is 0 Å². The van der Waals surface area contributed by atoms with E-state index in [9.17, 15) is 19.1 Å². The number of phenols is 1. The quantitative estimate of drug-likeness (QED) is 0.762. The summed E-state index contributed by atoms with van der Waals surface area (Å²) < 4.78 is 13.5. The van der Waals surface area contributed by atoms with Crippen LogP contribution in [0.15, 0.2) is 18.2 Å². The van der Waals surface area contributed by atoms with Crippen molar-refractivity contribution in [1.82, 2.24) is 5.32 Å². The van der Waals surface area contributed by atoms with Crippen LogP contribution in [0.5, 0.6) is 5.75 Å². The molecule has 0 aromatic heterocycles. The SMILES string of the molecule is CCC(CC)(NC(=O)c1ccc(O)cc1F)C(=O)O. The van der Waals surface area contributed by atoms with Gasteiger partial charge in [-0.1, -0.05) is 13.8 Å². The van der Waals surface area contributed by atoms with E-state index in [4.69, 9.17) is 5.11 Å². The molecule has 0 aliphatic heterocycles. The van der Waals surface area contributed by atoms with Gasteiger partial charge < -0.3 is 15.5 Å². The van der Waals surface area contributed by atoms with Gasteiger partial charge in [0.15, 0.2) is 0 Å². The Bertz CT molecular complexity index is 497. The first-order chi connectivity index (χ1) is 8.86. The van der Waals surface area contributed by atoms with Crippen molar-refractivity contribution < 1.29 is 24.2 Å². The molecule has 5 nitrogen and oxygen atoms in total. The molecule has 0 heterocycles. The number of nitrogens with one attached hydrogen (secondary N) is 1. The minimum absolute atomic E-state index is 0.185. The minimum Gasteiger partial charge on any atom is -0.508 e. The zero-order valence-corrected chi connectivity index (χ0v) is 10.7. The lowest BCUT2D eigenvalue weighted by Gasteiger charge is -2.28. The van der Waals surface area contributed by atoms with E-state index in [0.717, 1.165) is 12.1 Å². The van der Waals surface area contributed by atoms with Gasteiger partial charge in [-0.2, -0.15) is 0 Å². The van der Waals surface area contributed by atoms with Gasteiger partial charge in [0.2, 0.25) is 0 Å². The molecule has 6 heteroatoms. The molecule has 0 aliphatic carbocycles. The van der Waals surface area contributed by atoms with Gasteiger partial charge >= 0.3 is 5.97 Å². The van der Waals surface area contributed by atoms with Crippen LogP contribution >= 0.6 is 0 Å². The summed E-state index contributed by atoms with van der Waals surface area (Å²) in [5, 5.41) is 20.6. The molecular formula is C13H16FNO4. The summed E-state index contributed by atoms with van der Waals surface area (Å²) in [6.45, 7) is 3.26. The van der Waals surface area contributed by atoms with Crippen LogP contribution in [0.4, 0.5) is 4.39 Å². The second-order valence-electron chi connectivity index (χ2n) is 4.21. The van der Waals surface area contributed by atoms with Gasteiger partial charge in [-0.15, -0.1) is 0 Å².